The smallest absolute Gasteiger partial charge is 0.270 e. The van der Waals surface area contributed by atoms with Crippen LogP contribution in [0.5, 0.6) is 0 Å². The van der Waals surface area contributed by atoms with Gasteiger partial charge in [0.1, 0.15) is 0 Å². The minimum absolute atomic E-state index is 0.0985. The monoisotopic (exact) mass is 251 g/mol. The van der Waals surface area contributed by atoms with E-state index in [4.69, 9.17) is 0 Å². The Labute approximate surface area is 101 Å². The van der Waals surface area contributed by atoms with Crippen molar-refractivity contribution in [1.82, 2.24) is 5.32 Å². The third-order valence-electron chi connectivity index (χ3n) is 2.13. The van der Waals surface area contributed by atoms with Gasteiger partial charge in [-0.2, -0.15) is 0 Å². The number of nitro groups is 1. The van der Waals surface area contributed by atoms with E-state index in [2.05, 4.69) is 10.3 Å². The first-order valence-electron chi connectivity index (χ1n) is 4.90. The minimum Gasteiger partial charge on any atom is -0.301 e. The van der Waals surface area contributed by atoms with Crippen LogP contribution >= 0.6 is 11.8 Å². The van der Waals surface area contributed by atoms with E-state index >= 15 is 0 Å². The number of aliphatic imine (C=N–C) groups is 1. The summed E-state index contributed by atoms with van der Waals surface area (Å²) in [6, 6.07) is 5.60. The Morgan fingerprint density at radius 3 is 3.00 bits per heavy atom. The number of benzene rings is 1. The number of amides is 1. The van der Waals surface area contributed by atoms with Crippen LogP contribution in [0.15, 0.2) is 29.3 Å². The van der Waals surface area contributed by atoms with Gasteiger partial charge in [0.15, 0.2) is 5.17 Å². The SMILES string of the molecule is O=C(NC1=NCCS1)c1cccc([N+](=O)[O-])c1. The maximum atomic E-state index is 11.7. The van der Waals surface area contributed by atoms with Crippen LogP contribution in [0.3, 0.4) is 0 Å². The first kappa shape index (κ1) is 11.6. The van der Waals surface area contributed by atoms with E-state index in [0.717, 1.165) is 5.75 Å². The van der Waals surface area contributed by atoms with Crippen molar-refractivity contribution < 1.29 is 9.72 Å². The summed E-state index contributed by atoms with van der Waals surface area (Å²) in [6.07, 6.45) is 0. The zero-order chi connectivity index (χ0) is 12.3. The van der Waals surface area contributed by atoms with Gasteiger partial charge in [-0.25, -0.2) is 0 Å². The van der Waals surface area contributed by atoms with Gasteiger partial charge in [0, 0.05) is 23.4 Å². The lowest BCUT2D eigenvalue weighted by atomic mass is 10.2. The molecule has 0 saturated heterocycles. The van der Waals surface area contributed by atoms with Crippen LogP contribution in [0.4, 0.5) is 5.69 Å². The second-order valence-electron chi connectivity index (χ2n) is 3.30. The third kappa shape index (κ3) is 2.82. The molecule has 7 heteroatoms. The Morgan fingerprint density at radius 2 is 2.35 bits per heavy atom. The Morgan fingerprint density at radius 1 is 1.53 bits per heavy atom. The standard InChI is InChI=1S/C10H9N3O3S/c14-9(12-10-11-4-5-17-10)7-2-1-3-8(6-7)13(15)16/h1-3,6H,4-5H2,(H,11,12,14). The third-order valence-corrected chi connectivity index (χ3v) is 3.02. The summed E-state index contributed by atoms with van der Waals surface area (Å²) in [4.78, 5) is 25.9. The maximum Gasteiger partial charge on any atom is 0.270 e. The largest absolute Gasteiger partial charge is 0.301 e. The van der Waals surface area contributed by atoms with Crippen LogP contribution in [0.2, 0.25) is 0 Å². The number of nitrogens with zero attached hydrogens (tertiary/aromatic N) is 2. The molecule has 1 N–H and O–H groups in total. The normalized spacial score (nSPS) is 14.2. The highest BCUT2D eigenvalue weighted by Crippen LogP contribution is 2.14. The summed E-state index contributed by atoms with van der Waals surface area (Å²) in [5.74, 6) is 0.478. The van der Waals surface area contributed by atoms with Crippen molar-refractivity contribution in [1.29, 1.82) is 0 Å². The van der Waals surface area contributed by atoms with Crippen molar-refractivity contribution in [2.75, 3.05) is 12.3 Å². The van der Waals surface area contributed by atoms with Gasteiger partial charge in [0.2, 0.25) is 0 Å². The van der Waals surface area contributed by atoms with E-state index in [1.54, 1.807) is 0 Å². The van der Waals surface area contributed by atoms with Gasteiger partial charge < -0.3 is 5.32 Å². The molecule has 0 unspecified atom stereocenters. The summed E-state index contributed by atoms with van der Waals surface area (Å²) in [5.41, 5.74) is 0.160. The number of non-ortho nitro benzene ring substituents is 1. The molecule has 88 valence electrons. The molecule has 1 heterocycles. The van der Waals surface area contributed by atoms with Crippen LogP contribution in [0.25, 0.3) is 0 Å². The number of thioether (sulfide) groups is 1. The number of carbonyl (C=O) groups is 1. The van der Waals surface area contributed by atoms with Crippen molar-refractivity contribution in [3.8, 4) is 0 Å². The molecule has 17 heavy (non-hydrogen) atoms. The molecule has 0 fully saturated rings. The van der Waals surface area contributed by atoms with Crippen LogP contribution in [0.1, 0.15) is 10.4 Å². The molecule has 1 amide bonds. The molecule has 0 atom stereocenters. The first-order chi connectivity index (χ1) is 8.16. The summed E-state index contributed by atoms with van der Waals surface area (Å²) in [6.45, 7) is 0.690. The summed E-state index contributed by atoms with van der Waals surface area (Å²) >= 11 is 1.46. The van der Waals surface area contributed by atoms with Gasteiger partial charge in [-0.3, -0.25) is 19.9 Å². The Kier molecular flexibility index (Phi) is 3.38. The Hall–Kier alpha value is -1.89. The average Bonchev–Trinajstić information content (AvgIpc) is 2.82. The molecule has 2 rings (SSSR count). The van der Waals surface area contributed by atoms with Crippen LogP contribution < -0.4 is 5.32 Å². The van der Waals surface area contributed by atoms with Crippen LogP contribution in [0, 0.1) is 10.1 Å². The highest BCUT2D eigenvalue weighted by molar-refractivity contribution is 8.14. The van der Waals surface area contributed by atoms with E-state index < -0.39 is 4.92 Å². The van der Waals surface area contributed by atoms with Gasteiger partial charge in [-0.15, -0.1) is 0 Å². The van der Waals surface area contributed by atoms with Crippen molar-refractivity contribution in [2.24, 2.45) is 4.99 Å². The zero-order valence-corrected chi connectivity index (χ0v) is 9.57. The summed E-state index contributed by atoms with van der Waals surface area (Å²) in [5, 5.41) is 13.7. The lowest BCUT2D eigenvalue weighted by Gasteiger charge is -2.03. The molecule has 1 aliphatic rings. The molecule has 0 bridgehead atoms. The van der Waals surface area contributed by atoms with E-state index in [-0.39, 0.29) is 17.2 Å². The predicted octanol–water partition coefficient (Wildman–Crippen LogP) is 1.43. The number of hydrogen-bond donors (Lipinski definition) is 1. The van der Waals surface area contributed by atoms with Crippen molar-refractivity contribution in [3.63, 3.8) is 0 Å². The number of nitrogens with one attached hydrogen (secondary N) is 1. The fourth-order valence-electron chi connectivity index (χ4n) is 1.34. The molecule has 0 saturated carbocycles. The summed E-state index contributed by atoms with van der Waals surface area (Å²) in [7, 11) is 0. The highest BCUT2D eigenvalue weighted by atomic mass is 32.2. The van der Waals surface area contributed by atoms with Gasteiger partial charge in [-0.1, -0.05) is 17.8 Å². The molecule has 0 spiro atoms. The molecule has 1 aromatic rings. The highest BCUT2D eigenvalue weighted by Gasteiger charge is 2.14. The summed E-state index contributed by atoms with van der Waals surface area (Å²) < 4.78 is 0. The van der Waals surface area contributed by atoms with E-state index in [0.29, 0.717) is 11.7 Å². The molecular weight excluding hydrogens is 242 g/mol. The van der Waals surface area contributed by atoms with Crippen LogP contribution in [-0.2, 0) is 0 Å². The van der Waals surface area contributed by atoms with Gasteiger partial charge in [0.25, 0.3) is 11.6 Å². The topological polar surface area (TPSA) is 84.6 Å². The zero-order valence-electron chi connectivity index (χ0n) is 8.75. The molecule has 0 aliphatic carbocycles. The van der Waals surface area contributed by atoms with Gasteiger partial charge in [-0.05, 0) is 6.07 Å². The number of rotatable bonds is 2. The molecule has 6 nitrogen and oxygen atoms in total. The molecular formula is C10H9N3O3S. The van der Waals surface area contributed by atoms with Crippen molar-refractivity contribution >= 4 is 28.5 Å². The minimum atomic E-state index is -0.529. The van der Waals surface area contributed by atoms with E-state index in [1.165, 1.54) is 36.0 Å². The predicted molar refractivity (Wildman–Crippen MR) is 65.3 cm³/mol. The second kappa shape index (κ2) is 4.96. The van der Waals surface area contributed by atoms with E-state index in [1.807, 2.05) is 0 Å². The number of amidine groups is 1. The first-order valence-corrected chi connectivity index (χ1v) is 5.88. The maximum absolute atomic E-state index is 11.7. The molecule has 1 aromatic carbocycles. The quantitative estimate of drug-likeness (QED) is 0.636. The molecule has 1 aliphatic heterocycles. The van der Waals surface area contributed by atoms with Crippen molar-refractivity contribution in [3.05, 3.63) is 39.9 Å². The van der Waals surface area contributed by atoms with E-state index in [9.17, 15) is 14.9 Å². The number of hydrogen-bond acceptors (Lipinski definition) is 5. The second-order valence-corrected chi connectivity index (χ2v) is 4.38. The molecule has 0 aromatic heterocycles. The van der Waals surface area contributed by atoms with Crippen LogP contribution in [-0.4, -0.2) is 28.3 Å². The van der Waals surface area contributed by atoms with Gasteiger partial charge >= 0.3 is 0 Å². The average molecular weight is 251 g/mol. The lowest BCUT2D eigenvalue weighted by molar-refractivity contribution is -0.384. The lowest BCUT2D eigenvalue weighted by Crippen LogP contribution is -2.27. The fourth-order valence-corrected chi connectivity index (χ4v) is 2.06. The number of nitro benzene ring substituents is 1. The van der Waals surface area contributed by atoms with Gasteiger partial charge in [0.05, 0.1) is 11.5 Å². The van der Waals surface area contributed by atoms with Crippen molar-refractivity contribution in [2.45, 2.75) is 0 Å². The molecule has 0 radical (unpaired) electrons. The Balaban J connectivity index is 2.13. The number of carbonyl (C=O) groups excluding carboxylic acids is 1. The fraction of sp³-hybridized carbons (Fsp3) is 0.200. The Bertz CT molecular complexity index is 501.